The van der Waals surface area contributed by atoms with Crippen LogP contribution in [-0.2, 0) is 6.54 Å². The minimum Gasteiger partial charge on any atom is -0.304 e. The average Bonchev–Trinajstić information content (AvgIpc) is 3.41. The van der Waals surface area contributed by atoms with E-state index in [1.807, 2.05) is 19.3 Å². The summed E-state index contributed by atoms with van der Waals surface area (Å²) in [5.74, 6) is 1.00. The fraction of sp³-hybridized carbons (Fsp3) is 0.429. The van der Waals surface area contributed by atoms with Crippen LogP contribution in [0.2, 0.25) is 0 Å². The summed E-state index contributed by atoms with van der Waals surface area (Å²) in [6.07, 6.45) is 11.2. The fourth-order valence-electron chi connectivity index (χ4n) is 3.79. The van der Waals surface area contributed by atoms with Crippen molar-refractivity contribution < 1.29 is 0 Å². The molecule has 1 saturated carbocycles. The van der Waals surface area contributed by atoms with Crippen molar-refractivity contribution in [2.24, 2.45) is 0 Å². The molecule has 0 aliphatic heterocycles. The van der Waals surface area contributed by atoms with E-state index in [0.29, 0.717) is 6.04 Å². The number of aryl methyl sites for hydroxylation is 1. The van der Waals surface area contributed by atoms with Gasteiger partial charge in [-0.1, -0.05) is 25.0 Å². The number of hydrogen-bond donors (Lipinski definition) is 1. The van der Waals surface area contributed by atoms with Gasteiger partial charge in [0.2, 0.25) is 0 Å². The number of imidazole rings is 1. The Labute approximate surface area is 155 Å². The van der Waals surface area contributed by atoms with Gasteiger partial charge in [0.05, 0.1) is 11.7 Å². The largest absolute Gasteiger partial charge is 0.304 e. The Morgan fingerprint density at radius 2 is 1.88 bits per heavy atom. The zero-order valence-electron chi connectivity index (χ0n) is 15.6. The van der Waals surface area contributed by atoms with Crippen LogP contribution in [0.5, 0.6) is 0 Å². The minimum absolute atomic E-state index is 0.282. The molecule has 1 fully saturated rings. The molecule has 1 unspecified atom stereocenters. The molecule has 136 valence electrons. The SMILES string of the molecule is Cc1nccn1-c1ccc(C(C)NCc2ccn(C3CCCC3)n2)cc1. The van der Waals surface area contributed by atoms with Crippen molar-refractivity contribution in [1.82, 2.24) is 24.6 Å². The van der Waals surface area contributed by atoms with Crippen molar-refractivity contribution in [3.05, 3.63) is 66.0 Å². The second-order valence-electron chi connectivity index (χ2n) is 7.26. The van der Waals surface area contributed by atoms with E-state index in [-0.39, 0.29) is 6.04 Å². The molecule has 1 aliphatic carbocycles. The highest BCUT2D eigenvalue weighted by Crippen LogP contribution is 2.28. The van der Waals surface area contributed by atoms with Gasteiger partial charge in [-0.25, -0.2) is 4.98 Å². The number of hydrogen-bond acceptors (Lipinski definition) is 3. The maximum absolute atomic E-state index is 4.76. The summed E-state index contributed by atoms with van der Waals surface area (Å²) >= 11 is 0. The molecule has 0 saturated heterocycles. The van der Waals surface area contributed by atoms with Gasteiger partial charge in [0, 0.05) is 36.9 Å². The molecule has 1 N–H and O–H groups in total. The fourth-order valence-corrected chi connectivity index (χ4v) is 3.79. The van der Waals surface area contributed by atoms with Crippen LogP contribution in [0.25, 0.3) is 5.69 Å². The molecule has 0 amide bonds. The van der Waals surface area contributed by atoms with Crippen molar-refractivity contribution in [2.75, 3.05) is 0 Å². The van der Waals surface area contributed by atoms with Crippen molar-refractivity contribution in [3.63, 3.8) is 0 Å². The molecule has 3 aromatic rings. The van der Waals surface area contributed by atoms with Crippen molar-refractivity contribution in [3.8, 4) is 5.69 Å². The first-order chi connectivity index (χ1) is 12.7. The minimum atomic E-state index is 0.282. The molecule has 0 radical (unpaired) electrons. The quantitative estimate of drug-likeness (QED) is 0.720. The monoisotopic (exact) mass is 349 g/mol. The predicted octanol–water partition coefficient (Wildman–Crippen LogP) is 4.34. The molecular weight excluding hydrogens is 322 g/mol. The first kappa shape index (κ1) is 17.0. The molecule has 0 spiro atoms. The maximum Gasteiger partial charge on any atom is 0.110 e. The van der Waals surface area contributed by atoms with Gasteiger partial charge in [0.15, 0.2) is 0 Å². The highest BCUT2D eigenvalue weighted by Gasteiger charge is 2.17. The van der Waals surface area contributed by atoms with E-state index in [4.69, 9.17) is 5.10 Å². The standard InChI is InChI=1S/C21H27N5/c1-16(18-7-9-20(10-8-18)25-14-12-22-17(25)2)23-15-19-11-13-26(24-19)21-5-3-4-6-21/h7-14,16,21,23H,3-6,15H2,1-2H3. The topological polar surface area (TPSA) is 47.7 Å². The van der Waals surface area contributed by atoms with Crippen LogP contribution < -0.4 is 5.32 Å². The van der Waals surface area contributed by atoms with Gasteiger partial charge in [-0.05, 0) is 50.5 Å². The van der Waals surface area contributed by atoms with Crippen LogP contribution in [0.4, 0.5) is 0 Å². The lowest BCUT2D eigenvalue weighted by atomic mass is 10.1. The molecule has 5 heteroatoms. The molecule has 1 aliphatic rings. The van der Waals surface area contributed by atoms with Crippen LogP contribution in [0.1, 0.15) is 61.8 Å². The number of nitrogens with zero attached hydrogens (tertiary/aromatic N) is 4. The number of benzene rings is 1. The zero-order valence-corrected chi connectivity index (χ0v) is 15.6. The summed E-state index contributed by atoms with van der Waals surface area (Å²) < 4.78 is 4.26. The Morgan fingerprint density at radius 3 is 2.58 bits per heavy atom. The van der Waals surface area contributed by atoms with Crippen molar-refractivity contribution >= 4 is 0 Å². The second-order valence-corrected chi connectivity index (χ2v) is 7.26. The third-order valence-electron chi connectivity index (χ3n) is 5.45. The first-order valence-electron chi connectivity index (χ1n) is 9.58. The summed E-state index contributed by atoms with van der Waals surface area (Å²) in [7, 11) is 0. The molecular formula is C21H27N5. The van der Waals surface area contributed by atoms with Crippen LogP contribution in [0, 0.1) is 6.92 Å². The van der Waals surface area contributed by atoms with Gasteiger partial charge < -0.3 is 9.88 Å². The Hall–Kier alpha value is -2.40. The third kappa shape index (κ3) is 3.58. The number of rotatable bonds is 6. The number of aromatic nitrogens is 4. The first-order valence-corrected chi connectivity index (χ1v) is 9.58. The average molecular weight is 349 g/mol. The summed E-state index contributed by atoms with van der Waals surface area (Å²) in [5, 5.41) is 8.35. The van der Waals surface area contributed by atoms with E-state index in [0.717, 1.165) is 23.8 Å². The highest BCUT2D eigenvalue weighted by atomic mass is 15.3. The predicted molar refractivity (Wildman–Crippen MR) is 103 cm³/mol. The van der Waals surface area contributed by atoms with Crippen LogP contribution in [0.15, 0.2) is 48.9 Å². The lowest BCUT2D eigenvalue weighted by Gasteiger charge is -2.15. The summed E-state index contributed by atoms with van der Waals surface area (Å²) in [4.78, 5) is 4.29. The Kier molecular flexibility index (Phi) is 4.89. The molecule has 0 bridgehead atoms. The van der Waals surface area contributed by atoms with E-state index in [2.05, 4.69) is 63.0 Å². The lowest BCUT2D eigenvalue weighted by Crippen LogP contribution is -2.18. The molecule has 2 heterocycles. The van der Waals surface area contributed by atoms with Crippen molar-refractivity contribution in [2.45, 2.75) is 58.2 Å². The molecule has 2 aromatic heterocycles. The van der Waals surface area contributed by atoms with Gasteiger partial charge in [-0.2, -0.15) is 5.10 Å². The van der Waals surface area contributed by atoms with Gasteiger partial charge >= 0.3 is 0 Å². The second kappa shape index (κ2) is 7.46. The highest BCUT2D eigenvalue weighted by molar-refractivity contribution is 5.36. The molecule has 4 rings (SSSR count). The van der Waals surface area contributed by atoms with Gasteiger partial charge in [0.25, 0.3) is 0 Å². The lowest BCUT2D eigenvalue weighted by molar-refractivity contribution is 0.458. The molecule has 1 atom stereocenters. The molecule has 1 aromatic carbocycles. The van der Waals surface area contributed by atoms with E-state index >= 15 is 0 Å². The van der Waals surface area contributed by atoms with Crippen LogP contribution in [-0.4, -0.2) is 19.3 Å². The maximum atomic E-state index is 4.76. The van der Waals surface area contributed by atoms with Crippen molar-refractivity contribution in [1.29, 1.82) is 0 Å². The van der Waals surface area contributed by atoms with Gasteiger partial charge in [0.1, 0.15) is 5.82 Å². The van der Waals surface area contributed by atoms with Gasteiger partial charge in [-0.15, -0.1) is 0 Å². The van der Waals surface area contributed by atoms with Crippen LogP contribution >= 0.6 is 0 Å². The Morgan fingerprint density at radius 1 is 1.12 bits per heavy atom. The summed E-state index contributed by atoms with van der Waals surface area (Å²) in [6.45, 7) is 5.01. The Balaban J connectivity index is 1.36. The molecule has 26 heavy (non-hydrogen) atoms. The van der Waals surface area contributed by atoms with E-state index in [1.54, 1.807) is 0 Å². The third-order valence-corrected chi connectivity index (χ3v) is 5.45. The van der Waals surface area contributed by atoms with Crippen LogP contribution in [0.3, 0.4) is 0 Å². The normalized spacial score (nSPS) is 16.2. The zero-order chi connectivity index (χ0) is 17.9. The summed E-state index contributed by atoms with van der Waals surface area (Å²) in [6, 6.07) is 11.7. The smallest absolute Gasteiger partial charge is 0.110 e. The van der Waals surface area contributed by atoms with Gasteiger partial charge in [-0.3, -0.25) is 4.68 Å². The Bertz CT molecular complexity index is 839. The van der Waals surface area contributed by atoms with E-state index < -0.39 is 0 Å². The van der Waals surface area contributed by atoms with E-state index in [1.165, 1.54) is 31.2 Å². The number of nitrogens with one attached hydrogen (secondary N) is 1. The summed E-state index contributed by atoms with van der Waals surface area (Å²) in [5.41, 5.74) is 3.54. The molecule has 5 nitrogen and oxygen atoms in total. The van der Waals surface area contributed by atoms with E-state index in [9.17, 15) is 0 Å².